The van der Waals surface area contributed by atoms with Gasteiger partial charge in [0.2, 0.25) is 0 Å². The summed E-state index contributed by atoms with van der Waals surface area (Å²) in [6.45, 7) is 3.45. The van der Waals surface area contributed by atoms with Crippen molar-refractivity contribution in [2.45, 2.75) is 19.9 Å². The van der Waals surface area contributed by atoms with Crippen molar-refractivity contribution in [3.63, 3.8) is 0 Å². The summed E-state index contributed by atoms with van der Waals surface area (Å²) >= 11 is 0. The average molecular weight is 300 g/mol. The first-order chi connectivity index (χ1) is 10.7. The van der Waals surface area contributed by atoms with Crippen molar-refractivity contribution in [1.29, 1.82) is 0 Å². The van der Waals surface area contributed by atoms with Crippen molar-refractivity contribution in [3.8, 4) is 0 Å². The minimum absolute atomic E-state index is 0.223. The minimum atomic E-state index is -0.223. The molecule has 4 nitrogen and oxygen atoms in total. The van der Waals surface area contributed by atoms with E-state index in [0.29, 0.717) is 6.54 Å². The van der Waals surface area contributed by atoms with Crippen LogP contribution in [0, 0.1) is 12.7 Å². The summed E-state index contributed by atoms with van der Waals surface area (Å²) in [6.07, 6.45) is 4.59. The molecule has 5 heteroatoms. The number of aliphatic imine (C=N–C) groups is 1. The highest BCUT2D eigenvalue weighted by molar-refractivity contribution is 5.79. The van der Waals surface area contributed by atoms with E-state index in [2.05, 4.69) is 27.5 Å². The normalized spacial score (nSPS) is 11.3. The summed E-state index contributed by atoms with van der Waals surface area (Å²) < 4.78 is 12.9. The fraction of sp³-hybridized carbons (Fsp3) is 0.294. The van der Waals surface area contributed by atoms with Crippen LogP contribution in [-0.2, 0) is 13.0 Å². The molecule has 22 heavy (non-hydrogen) atoms. The molecule has 1 aromatic carbocycles. The van der Waals surface area contributed by atoms with Crippen LogP contribution in [0.2, 0.25) is 0 Å². The molecule has 0 fully saturated rings. The van der Waals surface area contributed by atoms with E-state index in [1.54, 1.807) is 19.2 Å². The summed E-state index contributed by atoms with van der Waals surface area (Å²) in [4.78, 5) is 8.27. The molecule has 2 rings (SSSR count). The molecule has 0 aliphatic heterocycles. The fourth-order valence-corrected chi connectivity index (χ4v) is 2.11. The van der Waals surface area contributed by atoms with Crippen molar-refractivity contribution >= 4 is 5.96 Å². The monoisotopic (exact) mass is 300 g/mol. The van der Waals surface area contributed by atoms with E-state index in [1.807, 2.05) is 18.5 Å². The lowest BCUT2D eigenvalue weighted by Gasteiger charge is -2.12. The number of aryl methyl sites for hydroxylation is 1. The molecule has 0 atom stereocenters. The number of guanidine groups is 1. The van der Waals surface area contributed by atoms with Gasteiger partial charge in [-0.05, 0) is 48.2 Å². The maximum Gasteiger partial charge on any atom is 0.191 e. The van der Waals surface area contributed by atoms with Gasteiger partial charge in [0.25, 0.3) is 0 Å². The lowest BCUT2D eigenvalue weighted by Crippen LogP contribution is -2.37. The first-order valence-electron chi connectivity index (χ1n) is 7.27. The number of rotatable bonds is 5. The van der Waals surface area contributed by atoms with Gasteiger partial charge in [0, 0.05) is 32.5 Å². The largest absolute Gasteiger partial charge is 0.356 e. The minimum Gasteiger partial charge on any atom is -0.356 e. The molecule has 0 saturated carbocycles. The first-order valence-corrected chi connectivity index (χ1v) is 7.27. The summed E-state index contributed by atoms with van der Waals surface area (Å²) in [5.41, 5.74) is 3.48. The van der Waals surface area contributed by atoms with Crippen molar-refractivity contribution < 1.29 is 4.39 Å². The van der Waals surface area contributed by atoms with E-state index in [0.717, 1.165) is 24.5 Å². The number of nitrogens with zero attached hydrogens (tertiary/aromatic N) is 2. The smallest absolute Gasteiger partial charge is 0.191 e. The highest BCUT2D eigenvalue weighted by Crippen LogP contribution is 2.05. The van der Waals surface area contributed by atoms with Crippen LogP contribution in [0.15, 0.2) is 47.7 Å². The van der Waals surface area contributed by atoms with E-state index >= 15 is 0 Å². The third-order valence-electron chi connectivity index (χ3n) is 3.42. The third-order valence-corrected chi connectivity index (χ3v) is 3.42. The van der Waals surface area contributed by atoms with Crippen molar-refractivity contribution in [2.75, 3.05) is 13.6 Å². The van der Waals surface area contributed by atoms with Crippen LogP contribution in [0.25, 0.3) is 0 Å². The Morgan fingerprint density at radius 2 is 1.95 bits per heavy atom. The molecule has 0 spiro atoms. The zero-order valence-electron chi connectivity index (χ0n) is 12.9. The molecule has 1 heterocycles. The number of aromatic nitrogens is 1. The second kappa shape index (κ2) is 8.12. The fourth-order valence-electron chi connectivity index (χ4n) is 2.11. The molecule has 2 N–H and O–H groups in total. The van der Waals surface area contributed by atoms with Gasteiger partial charge in [-0.1, -0.05) is 12.1 Å². The van der Waals surface area contributed by atoms with Crippen LogP contribution in [0.4, 0.5) is 4.39 Å². The predicted octanol–water partition coefficient (Wildman–Crippen LogP) is 2.44. The first kappa shape index (κ1) is 15.9. The molecule has 0 radical (unpaired) electrons. The number of nitrogens with one attached hydrogen (secondary N) is 2. The Balaban J connectivity index is 1.78. The zero-order chi connectivity index (χ0) is 15.8. The molecule has 0 amide bonds. The van der Waals surface area contributed by atoms with Gasteiger partial charge < -0.3 is 10.6 Å². The summed E-state index contributed by atoms with van der Waals surface area (Å²) in [5.74, 6) is 0.509. The second-order valence-corrected chi connectivity index (χ2v) is 5.03. The van der Waals surface area contributed by atoms with E-state index < -0.39 is 0 Å². The SMILES string of the molecule is CN=C(NCCc1ccncc1C)NCc1ccc(F)cc1. The maximum absolute atomic E-state index is 12.9. The molecule has 0 saturated heterocycles. The van der Waals surface area contributed by atoms with Crippen LogP contribution in [-0.4, -0.2) is 24.5 Å². The molecule has 2 aromatic rings. The Kier molecular flexibility index (Phi) is 5.89. The molecule has 1 aromatic heterocycles. The van der Waals surface area contributed by atoms with Gasteiger partial charge in [0.05, 0.1) is 0 Å². The van der Waals surface area contributed by atoms with Crippen molar-refractivity contribution in [3.05, 3.63) is 65.2 Å². The van der Waals surface area contributed by atoms with Gasteiger partial charge in [-0.2, -0.15) is 0 Å². The number of hydrogen-bond acceptors (Lipinski definition) is 2. The molecule has 0 unspecified atom stereocenters. The zero-order valence-corrected chi connectivity index (χ0v) is 12.9. The Bertz CT molecular complexity index is 623. The number of halogens is 1. The van der Waals surface area contributed by atoms with E-state index in [1.165, 1.54) is 23.3 Å². The summed E-state index contributed by atoms with van der Waals surface area (Å²) in [5, 5.41) is 6.48. The molecular formula is C17H21FN4. The Hall–Kier alpha value is -2.43. The molecule has 0 aliphatic rings. The van der Waals surface area contributed by atoms with E-state index in [9.17, 15) is 4.39 Å². The Morgan fingerprint density at radius 3 is 2.64 bits per heavy atom. The Morgan fingerprint density at radius 1 is 1.18 bits per heavy atom. The quantitative estimate of drug-likeness (QED) is 0.658. The lowest BCUT2D eigenvalue weighted by molar-refractivity contribution is 0.626. The average Bonchev–Trinajstić information content (AvgIpc) is 2.54. The number of benzene rings is 1. The highest BCUT2D eigenvalue weighted by Gasteiger charge is 2.01. The van der Waals surface area contributed by atoms with Gasteiger partial charge in [0.15, 0.2) is 5.96 Å². The molecular weight excluding hydrogens is 279 g/mol. The van der Waals surface area contributed by atoms with Crippen LogP contribution in [0.1, 0.15) is 16.7 Å². The highest BCUT2D eigenvalue weighted by atomic mass is 19.1. The standard InChI is InChI=1S/C17H21FN4/c1-13-11-20-9-7-15(13)8-10-21-17(19-2)22-12-14-3-5-16(18)6-4-14/h3-7,9,11H,8,10,12H2,1-2H3,(H2,19,21,22). The summed E-state index contributed by atoms with van der Waals surface area (Å²) in [6, 6.07) is 8.47. The molecule has 0 aliphatic carbocycles. The van der Waals surface area contributed by atoms with Gasteiger partial charge in [-0.3, -0.25) is 9.98 Å². The van der Waals surface area contributed by atoms with E-state index in [4.69, 9.17) is 0 Å². The van der Waals surface area contributed by atoms with Gasteiger partial charge >= 0.3 is 0 Å². The predicted molar refractivity (Wildman–Crippen MR) is 87.3 cm³/mol. The maximum atomic E-state index is 12.9. The second-order valence-electron chi connectivity index (χ2n) is 5.03. The number of hydrogen-bond donors (Lipinski definition) is 2. The topological polar surface area (TPSA) is 49.3 Å². The molecule has 116 valence electrons. The van der Waals surface area contributed by atoms with E-state index in [-0.39, 0.29) is 5.82 Å². The number of pyridine rings is 1. The van der Waals surface area contributed by atoms with Gasteiger partial charge in [0.1, 0.15) is 5.82 Å². The molecule has 0 bridgehead atoms. The van der Waals surface area contributed by atoms with Crippen LogP contribution >= 0.6 is 0 Å². The lowest BCUT2D eigenvalue weighted by atomic mass is 10.1. The third kappa shape index (κ3) is 4.84. The Labute approximate surface area is 130 Å². The van der Waals surface area contributed by atoms with Crippen LogP contribution < -0.4 is 10.6 Å². The van der Waals surface area contributed by atoms with Crippen LogP contribution in [0.5, 0.6) is 0 Å². The van der Waals surface area contributed by atoms with Gasteiger partial charge in [-0.15, -0.1) is 0 Å². The van der Waals surface area contributed by atoms with Crippen molar-refractivity contribution in [1.82, 2.24) is 15.6 Å². The van der Waals surface area contributed by atoms with Gasteiger partial charge in [-0.25, -0.2) is 4.39 Å². The summed E-state index contributed by atoms with van der Waals surface area (Å²) in [7, 11) is 1.73. The van der Waals surface area contributed by atoms with Crippen LogP contribution in [0.3, 0.4) is 0 Å². The van der Waals surface area contributed by atoms with Crippen molar-refractivity contribution in [2.24, 2.45) is 4.99 Å².